The van der Waals surface area contributed by atoms with E-state index in [1.807, 2.05) is 13.8 Å². The third-order valence-electron chi connectivity index (χ3n) is 4.82. The van der Waals surface area contributed by atoms with E-state index in [0.717, 1.165) is 19.3 Å². The SMILES string of the molecule is CCCCCCCCCCCCCC(=O)C(N)(CC)CC. The lowest BCUT2D eigenvalue weighted by atomic mass is 9.86. The highest BCUT2D eigenvalue weighted by molar-refractivity contribution is 5.87. The van der Waals surface area contributed by atoms with Gasteiger partial charge in [-0.25, -0.2) is 0 Å². The Bertz CT molecular complexity index is 246. The van der Waals surface area contributed by atoms with E-state index >= 15 is 0 Å². The van der Waals surface area contributed by atoms with E-state index in [4.69, 9.17) is 5.73 Å². The molecular formula is C19H39NO. The normalized spacial score (nSPS) is 11.8. The van der Waals surface area contributed by atoms with E-state index in [9.17, 15) is 4.79 Å². The maximum Gasteiger partial charge on any atom is 0.152 e. The van der Waals surface area contributed by atoms with Gasteiger partial charge in [-0.05, 0) is 19.3 Å². The van der Waals surface area contributed by atoms with Gasteiger partial charge in [0.15, 0.2) is 5.78 Å². The van der Waals surface area contributed by atoms with Gasteiger partial charge in [0.25, 0.3) is 0 Å². The van der Waals surface area contributed by atoms with Crippen LogP contribution in [0.15, 0.2) is 0 Å². The van der Waals surface area contributed by atoms with Gasteiger partial charge in [-0.15, -0.1) is 0 Å². The fourth-order valence-electron chi connectivity index (χ4n) is 2.84. The number of carbonyl (C=O) groups excluding carboxylic acids is 1. The number of rotatable bonds is 15. The summed E-state index contributed by atoms with van der Waals surface area (Å²) in [5, 5.41) is 0. The van der Waals surface area contributed by atoms with E-state index in [1.54, 1.807) is 0 Å². The molecule has 0 atom stereocenters. The Hall–Kier alpha value is -0.370. The van der Waals surface area contributed by atoms with Crippen LogP contribution in [0.3, 0.4) is 0 Å². The smallest absolute Gasteiger partial charge is 0.152 e. The first-order valence-corrected chi connectivity index (χ1v) is 9.42. The molecule has 0 aliphatic heterocycles. The number of unbranched alkanes of at least 4 members (excludes halogenated alkanes) is 10. The average Bonchev–Trinajstić information content (AvgIpc) is 2.51. The van der Waals surface area contributed by atoms with Crippen LogP contribution in [0.25, 0.3) is 0 Å². The van der Waals surface area contributed by atoms with Gasteiger partial charge in [0.05, 0.1) is 5.54 Å². The van der Waals surface area contributed by atoms with E-state index in [0.29, 0.717) is 6.42 Å². The third-order valence-corrected chi connectivity index (χ3v) is 4.82. The number of hydrogen-bond acceptors (Lipinski definition) is 2. The van der Waals surface area contributed by atoms with Crippen molar-refractivity contribution in [3.8, 4) is 0 Å². The Morgan fingerprint density at radius 3 is 1.48 bits per heavy atom. The highest BCUT2D eigenvalue weighted by Gasteiger charge is 2.28. The number of carbonyl (C=O) groups is 1. The quantitative estimate of drug-likeness (QED) is 0.390. The van der Waals surface area contributed by atoms with Crippen LogP contribution in [-0.2, 0) is 4.79 Å². The predicted octanol–water partition coefficient (Wildman–Crippen LogP) is 5.77. The van der Waals surface area contributed by atoms with Crippen molar-refractivity contribution in [2.75, 3.05) is 0 Å². The highest BCUT2D eigenvalue weighted by Crippen LogP contribution is 2.17. The molecule has 0 unspecified atom stereocenters. The summed E-state index contributed by atoms with van der Waals surface area (Å²) < 4.78 is 0. The zero-order valence-electron chi connectivity index (χ0n) is 14.9. The molecule has 0 aromatic heterocycles. The Balaban J connectivity index is 3.38. The monoisotopic (exact) mass is 297 g/mol. The van der Waals surface area contributed by atoms with Crippen molar-refractivity contribution in [2.24, 2.45) is 5.73 Å². The van der Waals surface area contributed by atoms with E-state index in [2.05, 4.69) is 6.92 Å². The van der Waals surface area contributed by atoms with Crippen LogP contribution in [-0.4, -0.2) is 11.3 Å². The summed E-state index contributed by atoms with van der Waals surface area (Å²) in [4.78, 5) is 12.1. The maximum atomic E-state index is 12.1. The van der Waals surface area contributed by atoms with Gasteiger partial charge in [0.2, 0.25) is 0 Å². The largest absolute Gasteiger partial charge is 0.319 e. The average molecular weight is 298 g/mol. The molecule has 0 rings (SSSR count). The van der Waals surface area contributed by atoms with Crippen LogP contribution in [0.5, 0.6) is 0 Å². The molecular weight excluding hydrogens is 258 g/mol. The van der Waals surface area contributed by atoms with Crippen LogP contribution in [0.2, 0.25) is 0 Å². The fourth-order valence-corrected chi connectivity index (χ4v) is 2.84. The van der Waals surface area contributed by atoms with E-state index < -0.39 is 5.54 Å². The molecule has 0 bridgehead atoms. The van der Waals surface area contributed by atoms with Gasteiger partial charge in [0, 0.05) is 6.42 Å². The molecule has 2 heteroatoms. The van der Waals surface area contributed by atoms with Gasteiger partial charge in [-0.3, -0.25) is 4.79 Å². The first-order valence-electron chi connectivity index (χ1n) is 9.42. The maximum absolute atomic E-state index is 12.1. The number of hydrogen-bond donors (Lipinski definition) is 1. The molecule has 0 saturated heterocycles. The van der Waals surface area contributed by atoms with Gasteiger partial charge in [-0.1, -0.05) is 85.0 Å². The highest BCUT2D eigenvalue weighted by atomic mass is 16.1. The van der Waals surface area contributed by atoms with Crippen molar-refractivity contribution in [1.29, 1.82) is 0 Å². The molecule has 0 saturated carbocycles. The molecule has 0 aliphatic rings. The molecule has 0 fully saturated rings. The van der Waals surface area contributed by atoms with Crippen molar-refractivity contribution in [2.45, 2.75) is 116 Å². The lowest BCUT2D eigenvalue weighted by Crippen LogP contribution is -2.46. The summed E-state index contributed by atoms with van der Waals surface area (Å²) in [6.07, 6.45) is 16.7. The summed E-state index contributed by atoms with van der Waals surface area (Å²) >= 11 is 0. The number of nitrogens with two attached hydrogens (primary N) is 1. The molecule has 0 aromatic carbocycles. The second-order valence-corrected chi connectivity index (χ2v) is 6.57. The van der Waals surface area contributed by atoms with Gasteiger partial charge in [0.1, 0.15) is 0 Å². The second kappa shape index (κ2) is 13.3. The van der Waals surface area contributed by atoms with Gasteiger partial charge in [-0.2, -0.15) is 0 Å². The lowest BCUT2D eigenvalue weighted by Gasteiger charge is -2.24. The standard InChI is InChI=1S/C19H39NO/c1-4-7-8-9-10-11-12-13-14-15-16-17-18(21)19(20,5-2)6-3/h4-17,20H2,1-3H3. The molecule has 0 aromatic rings. The summed E-state index contributed by atoms with van der Waals surface area (Å²) in [6.45, 7) is 6.30. The van der Waals surface area contributed by atoms with Crippen LogP contribution < -0.4 is 5.73 Å². The van der Waals surface area contributed by atoms with Crippen LogP contribution in [0.1, 0.15) is 111 Å². The first-order chi connectivity index (χ1) is 10.1. The van der Waals surface area contributed by atoms with Gasteiger partial charge >= 0.3 is 0 Å². The molecule has 21 heavy (non-hydrogen) atoms. The predicted molar refractivity (Wildman–Crippen MR) is 93.6 cm³/mol. The molecule has 0 heterocycles. The molecule has 126 valence electrons. The molecule has 2 N–H and O–H groups in total. The van der Waals surface area contributed by atoms with Crippen molar-refractivity contribution >= 4 is 5.78 Å². The second-order valence-electron chi connectivity index (χ2n) is 6.57. The topological polar surface area (TPSA) is 43.1 Å². The minimum absolute atomic E-state index is 0.267. The minimum atomic E-state index is -0.557. The number of Topliss-reactive ketones (excluding diaryl/α,β-unsaturated/α-hetero) is 1. The Labute approximate surface area is 133 Å². The van der Waals surface area contributed by atoms with Crippen LogP contribution >= 0.6 is 0 Å². The van der Waals surface area contributed by atoms with Crippen molar-refractivity contribution < 1.29 is 4.79 Å². The van der Waals surface area contributed by atoms with Crippen LogP contribution in [0.4, 0.5) is 0 Å². The number of ketones is 1. The molecule has 0 amide bonds. The van der Waals surface area contributed by atoms with E-state index in [1.165, 1.54) is 64.2 Å². The third kappa shape index (κ3) is 10.1. The molecule has 0 spiro atoms. The summed E-state index contributed by atoms with van der Waals surface area (Å²) in [7, 11) is 0. The van der Waals surface area contributed by atoms with E-state index in [-0.39, 0.29) is 5.78 Å². The van der Waals surface area contributed by atoms with Crippen LogP contribution in [0, 0.1) is 0 Å². The minimum Gasteiger partial charge on any atom is -0.319 e. The Morgan fingerprint density at radius 1 is 0.714 bits per heavy atom. The lowest BCUT2D eigenvalue weighted by molar-refractivity contribution is -0.124. The summed E-state index contributed by atoms with van der Waals surface area (Å²) in [5.74, 6) is 0.267. The Kier molecular flexibility index (Phi) is 13.1. The molecule has 0 aliphatic carbocycles. The zero-order chi connectivity index (χ0) is 16.0. The fraction of sp³-hybridized carbons (Fsp3) is 0.947. The Morgan fingerprint density at radius 2 is 1.10 bits per heavy atom. The zero-order valence-corrected chi connectivity index (χ0v) is 14.9. The summed E-state index contributed by atoms with van der Waals surface area (Å²) in [6, 6.07) is 0. The van der Waals surface area contributed by atoms with Gasteiger partial charge < -0.3 is 5.73 Å². The van der Waals surface area contributed by atoms with Crippen molar-refractivity contribution in [3.63, 3.8) is 0 Å². The van der Waals surface area contributed by atoms with Crippen molar-refractivity contribution in [1.82, 2.24) is 0 Å². The summed E-state index contributed by atoms with van der Waals surface area (Å²) in [5.41, 5.74) is 5.56. The molecule has 2 nitrogen and oxygen atoms in total. The van der Waals surface area contributed by atoms with Crippen molar-refractivity contribution in [3.05, 3.63) is 0 Å². The molecule has 0 radical (unpaired) electrons. The first kappa shape index (κ1) is 20.6.